The fourth-order valence-electron chi connectivity index (χ4n) is 6.80. The molecule has 2 bridgehead atoms. The first-order chi connectivity index (χ1) is 21.6. The first kappa shape index (κ1) is 35.0. The van der Waals surface area contributed by atoms with Gasteiger partial charge in [-0.25, -0.2) is 4.21 Å². The number of rotatable bonds is 5. The zero-order chi connectivity index (χ0) is 32.7. The Balaban J connectivity index is 0.00000226. The van der Waals surface area contributed by atoms with Crippen LogP contribution in [0.3, 0.4) is 0 Å². The van der Waals surface area contributed by atoms with E-state index in [0.717, 1.165) is 50.0 Å². The predicted molar refractivity (Wildman–Crippen MR) is 180 cm³/mol. The summed E-state index contributed by atoms with van der Waals surface area (Å²) in [6.45, 7) is 7.98. The van der Waals surface area contributed by atoms with Gasteiger partial charge in [-0.15, -0.1) is 0 Å². The Morgan fingerprint density at radius 2 is 1.91 bits per heavy atom. The molecule has 1 aliphatic carbocycles. The third-order valence-electron chi connectivity index (χ3n) is 9.62. The van der Waals surface area contributed by atoms with Gasteiger partial charge in [-0.05, 0) is 97.7 Å². The lowest BCUT2D eigenvalue weighted by atomic mass is 9.65. The number of carbonyl (C=O) groups is 2. The molecule has 0 aromatic heterocycles. The molecule has 0 radical (unpaired) electrons. The first-order valence-electron chi connectivity index (χ1n) is 16.0. The molecule has 2 aliphatic heterocycles. The Morgan fingerprint density at radius 1 is 1.13 bits per heavy atom. The van der Waals surface area contributed by atoms with Gasteiger partial charge >= 0.3 is 5.97 Å². The maximum absolute atomic E-state index is 13.3. The summed E-state index contributed by atoms with van der Waals surface area (Å²) in [6.07, 6.45) is 8.84. The summed E-state index contributed by atoms with van der Waals surface area (Å²) in [6, 6.07) is 11.6. The Hall–Kier alpha value is -2.88. The fourth-order valence-corrected chi connectivity index (χ4v) is 8.01. The number of fused-ring (bicyclic) bond motifs is 2. The van der Waals surface area contributed by atoms with Crippen LogP contribution in [0.2, 0.25) is 5.02 Å². The van der Waals surface area contributed by atoms with Gasteiger partial charge in [0.05, 0.1) is 24.0 Å². The highest BCUT2D eigenvalue weighted by Crippen LogP contribution is 2.45. The van der Waals surface area contributed by atoms with Crippen molar-refractivity contribution in [2.24, 2.45) is 23.7 Å². The van der Waals surface area contributed by atoms with Crippen LogP contribution in [0, 0.1) is 23.7 Å². The monoisotopic (exact) mass is 658 g/mol. The van der Waals surface area contributed by atoms with Gasteiger partial charge in [0.1, 0.15) is 16.7 Å². The van der Waals surface area contributed by atoms with Crippen molar-refractivity contribution in [3.63, 3.8) is 0 Å². The molecule has 1 saturated carbocycles. The largest absolute Gasteiger partial charge is 0.491 e. The summed E-state index contributed by atoms with van der Waals surface area (Å²) >= 11 is 6.39. The lowest BCUT2D eigenvalue weighted by Gasteiger charge is -2.44. The summed E-state index contributed by atoms with van der Waals surface area (Å²) in [7, 11) is -0.573. The van der Waals surface area contributed by atoms with Crippen molar-refractivity contribution >= 4 is 40.2 Å². The standard InChI is InChI=1S/C34H43ClN2O5S.CH4O/c1-4-6-23-15-28(35)11-13-30(23)27-19-37-18-26-9-12-29(26)24(17-33(38)39)8-5-7-21(2)22(3)43(41)36-34(40)25-10-14-32(42-20-27)31(37)16-25;1-2/h5,8,10-11,13-16,21-22,24,26-27,29H,4,6-7,9,12,17-20H2,1-3H3,(H,36,40)(H,38,39);2H,1H3/b8-5+;. The van der Waals surface area contributed by atoms with Crippen LogP contribution in [0.4, 0.5) is 5.69 Å². The minimum Gasteiger partial charge on any atom is -0.491 e. The average Bonchev–Trinajstić information content (AvgIpc) is 3.18. The van der Waals surface area contributed by atoms with Crippen LogP contribution in [-0.4, -0.2) is 58.4 Å². The Bertz CT molecular complexity index is 1400. The summed E-state index contributed by atoms with van der Waals surface area (Å²) < 4.78 is 22.3. The summed E-state index contributed by atoms with van der Waals surface area (Å²) in [4.78, 5) is 27.5. The van der Waals surface area contributed by atoms with Gasteiger partial charge < -0.3 is 19.8 Å². The lowest BCUT2D eigenvalue weighted by Crippen LogP contribution is -2.43. The number of amides is 1. The number of nitrogens with one attached hydrogen (secondary N) is 1. The number of carboxylic acid groups (broad SMARTS) is 1. The number of carboxylic acids is 1. The van der Waals surface area contributed by atoms with Crippen LogP contribution in [0.1, 0.15) is 80.3 Å². The topological polar surface area (TPSA) is 116 Å². The maximum atomic E-state index is 13.3. The number of anilines is 1. The molecule has 8 nitrogen and oxygen atoms in total. The van der Waals surface area contributed by atoms with Gasteiger partial charge in [-0.2, -0.15) is 0 Å². The van der Waals surface area contributed by atoms with Crippen LogP contribution in [0.25, 0.3) is 0 Å². The van der Waals surface area contributed by atoms with E-state index in [-0.39, 0.29) is 41.2 Å². The van der Waals surface area contributed by atoms with Crippen LogP contribution in [0.5, 0.6) is 5.75 Å². The zero-order valence-electron chi connectivity index (χ0n) is 26.7. The first-order valence-corrected chi connectivity index (χ1v) is 17.6. The second kappa shape index (κ2) is 16.1. The number of halogens is 1. The molecule has 1 amide bonds. The predicted octanol–water partition coefficient (Wildman–Crippen LogP) is 6.38. The van der Waals surface area contributed by atoms with E-state index in [1.807, 2.05) is 32.0 Å². The number of carbonyl (C=O) groups excluding carboxylic acids is 1. The number of ether oxygens (including phenoxy) is 1. The molecule has 7 unspecified atom stereocenters. The number of aliphatic hydroxyl groups excluding tert-OH is 1. The average molecular weight is 659 g/mol. The van der Waals surface area contributed by atoms with Gasteiger partial charge in [-0.3, -0.25) is 14.3 Å². The Kier molecular flexibility index (Phi) is 12.5. The molecule has 1 fully saturated rings. The van der Waals surface area contributed by atoms with E-state index < -0.39 is 17.0 Å². The Labute approximate surface area is 274 Å². The van der Waals surface area contributed by atoms with Crippen molar-refractivity contribution in [3.8, 4) is 5.75 Å². The second-order valence-corrected chi connectivity index (χ2v) is 14.5. The zero-order valence-corrected chi connectivity index (χ0v) is 28.3. The highest BCUT2D eigenvalue weighted by atomic mass is 35.5. The molecule has 3 N–H and O–H groups in total. The van der Waals surface area contributed by atoms with Gasteiger partial charge in [0.2, 0.25) is 0 Å². The lowest BCUT2D eigenvalue weighted by molar-refractivity contribution is -0.138. The van der Waals surface area contributed by atoms with Crippen LogP contribution < -0.4 is 14.4 Å². The third kappa shape index (κ3) is 8.48. The van der Waals surface area contributed by atoms with E-state index in [9.17, 15) is 18.9 Å². The SMILES string of the molecule is CCCc1cc(Cl)ccc1C1COc2ccc3cc2N(C1)CC1CCC1C(CC(=O)O)/C=C/CC(C)C(C)S(=O)NC3=O.CO. The van der Waals surface area contributed by atoms with E-state index >= 15 is 0 Å². The molecule has 246 valence electrons. The van der Waals surface area contributed by atoms with Crippen LogP contribution in [-0.2, 0) is 22.2 Å². The molecule has 0 spiro atoms. The van der Waals surface area contributed by atoms with Crippen molar-refractivity contribution in [1.29, 1.82) is 0 Å². The summed E-state index contributed by atoms with van der Waals surface area (Å²) in [5, 5.41) is 17.2. The van der Waals surface area contributed by atoms with Crippen molar-refractivity contribution in [2.45, 2.75) is 70.5 Å². The molecule has 45 heavy (non-hydrogen) atoms. The van der Waals surface area contributed by atoms with Gasteiger partial charge in [-0.1, -0.05) is 50.1 Å². The van der Waals surface area contributed by atoms with E-state index in [4.69, 9.17) is 21.4 Å². The van der Waals surface area contributed by atoms with Crippen molar-refractivity contribution < 1.29 is 28.7 Å². The number of nitrogens with zero attached hydrogens (tertiary/aromatic N) is 1. The van der Waals surface area contributed by atoms with E-state index in [0.29, 0.717) is 36.8 Å². The second-order valence-electron chi connectivity index (χ2n) is 12.5. The molecule has 7 atom stereocenters. The molecule has 2 aromatic rings. The molecular weight excluding hydrogens is 612 g/mol. The third-order valence-corrected chi connectivity index (χ3v) is 11.4. The summed E-state index contributed by atoms with van der Waals surface area (Å²) in [5.41, 5.74) is 3.73. The van der Waals surface area contributed by atoms with Gasteiger partial charge in [0.25, 0.3) is 5.91 Å². The normalized spacial score (nSPS) is 29.0. The van der Waals surface area contributed by atoms with E-state index in [1.165, 1.54) is 11.1 Å². The van der Waals surface area contributed by atoms with E-state index in [2.05, 4.69) is 40.8 Å². The number of aliphatic carboxylic acids is 1. The minimum absolute atomic E-state index is 0.0475. The van der Waals surface area contributed by atoms with Crippen LogP contribution in [0.15, 0.2) is 48.6 Å². The Morgan fingerprint density at radius 3 is 2.60 bits per heavy atom. The number of aliphatic hydroxyl groups is 1. The molecule has 2 heterocycles. The van der Waals surface area contributed by atoms with Gasteiger partial charge in [0.15, 0.2) is 0 Å². The minimum atomic E-state index is -1.57. The van der Waals surface area contributed by atoms with Crippen molar-refractivity contribution in [3.05, 3.63) is 70.3 Å². The van der Waals surface area contributed by atoms with Crippen LogP contribution >= 0.6 is 11.6 Å². The molecule has 5 rings (SSSR count). The maximum Gasteiger partial charge on any atom is 0.303 e. The molecule has 0 saturated heterocycles. The van der Waals surface area contributed by atoms with Crippen molar-refractivity contribution in [1.82, 2.24) is 4.72 Å². The quantitative estimate of drug-likeness (QED) is 0.319. The molecular formula is C35H47ClN2O6S. The number of allylic oxidation sites excluding steroid dienone is 2. The van der Waals surface area contributed by atoms with E-state index in [1.54, 1.807) is 6.07 Å². The van der Waals surface area contributed by atoms with Crippen molar-refractivity contribution in [2.75, 3.05) is 31.7 Å². The number of hydrogen-bond donors (Lipinski definition) is 3. The fraction of sp³-hybridized carbons (Fsp3) is 0.543. The number of aryl methyl sites for hydroxylation is 1. The number of hydrogen-bond acceptors (Lipinski definition) is 6. The highest BCUT2D eigenvalue weighted by molar-refractivity contribution is 7.84. The number of benzene rings is 2. The smallest absolute Gasteiger partial charge is 0.303 e. The molecule has 3 aliphatic rings. The summed E-state index contributed by atoms with van der Waals surface area (Å²) in [5.74, 6) is 0.199. The molecule has 10 heteroatoms. The highest BCUT2D eigenvalue weighted by Gasteiger charge is 2.39. The van der Waals surface area contributed by atoms with Gasteiger partial charge in [0, 0.05) is 36.7 Å². The molecule has 2 aromatic carbocycles.